The number of hydrogen-bond donors (Lipinski definition) is 0. The van der Waals surface area contributed by atoms with Gasteiger partial charge in [-0.2, -0.15) is 0 Å². The first-order chi connectivity index (χ1) is 6.52. The molecule has 14 heavy (non-hydrogen) atoms. The van der Waals surface area contributed by atoms with Crippen molar-refractivity contribution in [1.82, 2.24) is 0 Å². The predicted molar refractivity (Wildman–Crippen MR) is 59.7 cm³/mol. The van der Waals surface area contributed by atoms with Gasteiger partial charge < -0.3 is 9.16 Å². The van der Waals surface area contributed by atoms with Gasteiger partial charge in [-0.1, -0.05) is 0 Å². The third kappa shape index (κ3) is 2.20. The average molecular weight is 212 g/mol. The van der Waals surface area contributed by atoms with Crippen molar-refractivity contribution in [3.8, 4) is 0 Å². The zero-order chi connectivity index (χ0) is 10.2. The molecular weight excluding hydrogens is 192 g/mol. The summed E-state index contributed by atoms with van der Waals surface area (Å²) in [5.74, 6) is 1.15. The molecule has 1 heterocycles. The lowest BCUT2D eigenvalue weighted by Gasteiger charge is -2.25. The van der Waals surface area contributed by atoms with Crippen LogP contribution in [0.2, 0.25) is 19.6 Å². The quantitative estimate of drug-likeness (QED) is 0.518. The van der Waals surface area contributed by atoms with Crippen LogP contribution in [0.25, 0.3) is 0 Å². The van der Waals surface area contributed by atoms with E-state index in [-0.39, 0.29) is 5.60 Å². The summed E-state index contributed by atoms with van der Waals surface area (Å²) in [5.41, 5.74) is 0.0107. The second-order valence-corrected chi connectivity index (χ2v) is 9.74. The van der Waals surface area contributed by atoms with Gasteiger partial charge in [-0.25, -0.2) is 0 Å². The van der Waals surface area contributed by atoms with E-state index in [1.165, 1.54) is 12.8 Å². The maximum absolute atomic E-state index is 6.11. The van der Waals surface area contributed by atoms with Gasteiger partial charge in [0.1, 0.15) is 11.4 Å². The van der Waals surface area contributed by atoms with Gasteiger partial charge in [-0.15, -0.1) is 0 Å². The fourth-order valence-electron chi connectivity index (χ4n) is 1.94. The second kappa shape index (κ2) is 3.38. The van der Waals surface area contributed by atoms with Gasteiger partial charge in [-0.3, -0.25) is 0 Å². The van der Waals surface area contributed by atoms with Gasteiger partial charge >= 0.3 is 0 Å². The van der Waals surface area contributed by atoms with E-state index in [0.29, 0.717) is 0 Å². The molecule has 2 rings (SSSR count). The predicted octanol–water partition coefficient (Wildman–Crippen LogP) is 3.06. The summed E-state index contributed by atoms with van der Waals surface area (Å²) in [6, 6.07) is 0. The fraction of sp³-hybridized carbons (Fsp3) is 0.818. The Morgan fingerprint density at radius 2 is 2.07 bits per heavy atom. The highest BCUT2D eigenvalue weighted by Crippen LogP contribution is 2.43. The first-order valence-corrected chi connectivity index (χ1v) is 8.96. The summed E-state index contributed by atoms with van der Waals surface area (Å²) in [6.45, 7) is 7.57. The van der Waals surface area contributed by atoms with Crippen LogP contribution in [0.5, 0.6) is 0 Å². The summed E-state index contributed by atoms with van der Waals surface area (Å²) < 4.78 is 11.7. The van der Waals surface area contributed by atoms with Crippen molar-refractivity contribution in [2.24, 2.45) is 0 Å². The van der Waals surface area contributed by atoms with Crippen LogP contribution in [-0.4, -0.2) is 20.5 Å². The molecule has 0 amide bonds. The lowest BCUT2D eigenvalue weighted by atomic mass is 10.0. The van der Waals surface area contributed by atoms with Crippen molar-refractivity contribution in [3.05, 3.63) is 11.8 Å². The molecule has 0 aromatic carbocycles. The van der Waals surface area contributed by atoms with E-state index < -0.39 is 8.32 Å². The Balaban J connectivity index is 2.10. The number of allylic oxidation sites excluding steroid dienone is 1. The van der Waals surface area contributed by atoms with Gasteiger partial charge in [0.15, 0.2) is 0 Å². The third-order valence-corrected chi connectivity index (χ3v) is 3.55. The van der Waals surface area contributed by atoms with E-state index in [1.807, 2.05) is 0 Å². The summed E-state index contributed by atoms with van der Waals surface area (Å²) in [4.78, 5) is 0. The van der Waals surface area contributed by atoms with Crippen molar-refractivity contribution in [1.29, 1.82) is 0 Å². The Labute approximate surface area is 87.4 Å². The molecule has 80 valence electrons. The van der Waals surface area contributed by atoms with Gasteiger partial charge in [-0.05, 0) is 51.4 Å². The van der Waals surface area contributed by atoms with E-state index in [4.69, 9.17) is 9.16 Å². The topological polar surface area (TPSA) is 21.8 Å². The minimum Gasteiger partial charge on any atom is -0.545 e. The van der Waals surface area contributed by atoms with E-state index in [9.17, 15) is 0 Å². The molecule has 1 unspecified atom stereocenters. The van der Waals surface area contributed by atoms with E-state index in [1.54, 1.807) is 0 Å². The highest BCUT2D eigenvalue weighted by molar-refractivity contribution is 6.70. The molecule has 1 spiro atoms. The number of epoxide rings is 1. The monoisotopic (exact) mass is 212 g/mol. The SMILES string of the molecule is C[Si](C)(C)OC1=CCCCCC12CO2. The van der Waals surface area contributed by atoms with E-state index in [0.717, 1.165) is 25.2 Å². The maximum atomic E-state index is 6.11. The molecule has 0 aromatic rings. The normalized spacial score (nSPS) is 32.4. The molecule has 2 nitrogen and oxygen atoms in total. The lowest BCUT2D eigenvalue weighted by molar-refractivity contribution is 0.246. The molecule has 0 radical (unpaired) electrons. The van der Waals surface area contributed by atoms with Crippen molar-refractivity contribution >= 4 is 8.32 Å². The Bertz CT molecular complexity index is 249. The molecule has 1 aliphatic carbocycles. The molecule has 1 fully saturated rings. The first kappa shape index (κ1) is 10.2. The Kier molecular flexibility index (Phi) is 2.47. The lowest BCUT2D eigenvalue weighted by Crippen LogP contribution is -2.30. The first-order valence-electron chi connectivity index (χ1n) is 5.56. The van der Waals surface area contributed by atoms with E-state index >= 15 is 0 Å². The Morgan fingerprint density at radius 3 is 2.64 bits per heavy atom. The number of ether oxygens (including phenoxy) is 1. The van der Waals surface area contributed by atoms with Crippen LogP contribution in [0.4, 0.5) is 0 Å². The van der Waals surface area contributed by atoms with Gasteiger partial charge in [0, 0.05) is 0 Å². The molecule has 1 aliphatic heterocycles. The molecule has 1 atom stereocenters. The third-order valence-electron chi connectivity index (χ3n) is 2.72. The van der Waals surface area contributed by atoms with Gasteiger partial charge in [0.2, 0.25) is 8.32 Å². The summed E-state index contributed by atoms with van der Waals surface area (Å²) >= 11 is 0. The van der Waals surface area contributed by atoms with E-state index in [2.05, 4.69) is 25.7 Å². The van der Waals surface area contributed by atoms with Gasteiger partial charge in [0.25, 0.3) is 0 Å². The fourth-order valence-corrected chi connectivity index (χ4v) is 2.86. The minimum absolute atomic E-state index is 0.0107. The summed E-state index contributed by atoms with van der Waals surface area (Å²) in [6.07, 6.45) is 7.13. The minimum atomic E-state index is -1.46. The molecule has 0 aromatic heterocycles. The second-order valence-electron chi connectivity index (χ2n) is 5.31. The zero-order valence-electron chi connectivity index (χ0n) is 9.43. The summed E-state index contributed by atoms with van der Waals surface area (Å²) in [5, 5.41) is 0. The molecule has 0 N–H and O–H groups in total. The highest BCUT2D eigenvalue weighted by atomic mass is 28.4. The van der Waals surface area contributed by atoms with Crippen molar-refractivity contribution in [2.75, 3.05) is 6.61 Å². The van der Waals surface area contributed by atoms with Gasteiger partial charge in [0.05, 0.1) is 6.61 Å². The average Bonchev–Trinajstić information content (AvgIpc) is 2.82. The van der Waals surface area contributed by atoms with Crippen molar-refractivity contribution < 1.29 is 9.16 Å². The Morgan fingerprint density at radius 1 is 1.36 bits per heavy atom. The number of hydrogen-bond acceptors (Lipinski definition) is 2. The van der Waals surface area contributed by atoms with Crippen LogP contribution in [0, 0.1) is 0 Å². The smallest absolute Gasteiger partial charge is 0.241 e. The Hall–Kier alpha value is -0.283. The van der Waals surface area contributed by atoms with Crippen LogP contribution in [0.15, 0.2) is 11.8 Å². The highest BCUT2D eigenvalue weighted by Gasteiger charge is 2.50. The van der Waals surface area contributed by atoms with Crippen LogP contribution in [0.1, 0.15) is 25.7 Å². The zero-order valence-corrected chi connectivity index (χ0v) is 10.4. The summed E-state index contributed by atoms with van der Waals surface area (Å²) in [7, 11) is -1.46. The molecule has 0 bridgehead atoms. The number of rotatable bonds is 2. The molecular formula is C11H20O2Si. The largest absolute Gasteiger partial charge is 0.545 e. The standard InChI is InChI=1S/C11H20O2Si/c1-14(2,3)13-10-7-5-4-6-8-11(10)9-12-11/h7H,4-6,8-9H2,1-3H3. The molecule has 0 saturated carbocycles. The van der Waals surface area contributed by atoms with Crippen molar-refractivity contribution in [3.63, 3.8) is 0 Å². The van der Waals surface area contributed by atoms with Crippen LogP contribution >= 0.6 is 0 Å². The van der Waals surface area contributed by atoms with Crippen LogP contribution in [-0.2, 0) is 9.16 Å². The molecule has 3 heteroatoms. The van der Waals surface area contributed by atoms with Crippen LogP contribution < -0.4 is 0 Å². The van der Waals surface area contributed by atoms with Crippen LogP contribution in [0.3, 0.4) is 0 Å². The van der Waals surface area contributed by atoms with Crippen molar-refractivity contribution in [2.45, 2.75) is 50.9 Å². The molecule has 2 aliphatic rings. The maximum Gasteiger partial charge on any atom is 0.241 e. The molecule has 1 saturated heterocycles.